The Labute approximate surface area is 187 Å². The van der Waals surface area contributed by atoms with Crippen molar-refractivity contribution in [1.82, 2.24) is 0 Å². The number of fused-ring (bicyclic) bond motifs is 3. The van der Waals surface area contributed by atoms with Gasteiger partial charge in [0.25, 0.3) is 0 Å². The van der Waals surface area contributed by atoms with Gasteiger partial charge in [-0.05, 0) is 0 Å². The molecular weight excluding hydrogens is 438 g/mol. The summed E-state index contributed by atoms with van der Waals surface area (Å²) in [6.07, 6.45) is 1.11. The van der Waals surface area contributed by atoms with Crippen molar-refractivity contribution < 1.29 is 49.5 Å². The topological polar surface area (TPSA) is 0 Å². The van der Waals surface area contributed by atoms with Crippen molar-refractivity contribution in [3.8, 4) is 11.1 Å². The molecule has 3 heteroatoms. The van der Waals surface area contributed by atoms with Crippen molar-refractivity contribution in [1.29, 1.82) is 0 Å². The van der Waals surface area contributed by atoms with Crippen LogP contribution in [0.4, 0.5) is 0 Å². The first-order valence-corrected chi connectivity index (χ1v) is 10.2. The van der Waals surface area contributed by atoms with Gasteiger partial charge < -0.3 is 24.8 Å². The van der Waals surface area contributed by atoms with Crippen LogP contribution in [0.5, 0.6) is 0 Å². The van der Waals surface area contributed by atoms with Crippen LogP contribution in [0, 0.1) is 13.8 Å². The third-order valence-corrected chi connectivity index (χ3v) is 7.08. The zero-order chi connectivity index (χ0) is 18.0. The minimum absolute atomic E-state index is 0. The molecule has 0 fully saturated rings. The van der Waals surface area contributed by atoms with Crippen molar-refractivity contribution >= 4 is 3.27 Å². The van der Waals surface area contributed by atoms with Gasteiger partial charge in [-0.2, -0.15) is 0 Å². The zero-order valence-corrected chi connectivity index (χ0v) is 21.2. The van der Waals surface area contributed by atoms with Crippen molar-refractivity contribution in [3.05, 3.63) is 51.6 Å². The predicted octanol–water partition coefficient (Wildman–Crippen LogP) is -0.350. The van der Waals surface area contributed by atoms with Gasteiger partial charge >= 0.3 is 163 Å². The van der Waals surface area contributed by atoms with Gasteiger partial charge in [-0.1, -0.05) is 0 Å². The van der Waals surface area contributed by atoms with Gasteiger partial charge in [0.05, 0.1) is 0 Å². The molecule has 0 unspecified atom stereocenters. The van der Waals surface area contributed by atoms with Crippen molar-refractivity contribution in [3.63, 3.8) is 0 Å². The third kappa shape index (κ3) is 4.01. The number of benzene rings is 2. The molecule has 26 heavy (non-hydrogen) atoms. The Balaban J connectivity index is 0.00000169. The summed E-state index contributed by atoms with van der Waals surface area (Å²) < 4.78 is 1.58. The smallest absolute Gasteiger partial charge is 1.00 e. The fourth-order valence-electron chi connectivity index (χ4n) is 4.20. The molecule has 0 heterocycles. The van der Waals surface area contributed by atoms with Crippen LogP contribution in [0.1, 0.15) is 74.9 Å². The zero-order valence-electron chi connectivity index (χ0n) is 17.2. The molecular formula is C23H29Cl2Zr. The molecule has 0 bridgehead atoms. The minimum atomic E-state index is 0. The van der Waals surface area contributed by atoms with Crippen molar-refractivity contribution in [2.45, 2.75) is 72.6 Å². The summed E-state index contributed by atoms with van der Waals surface area (Å²) in [5, 5.41) is 0. The second-order valence-electron chi connectivity index (χ2n) is 9.45. The van der Waals surface area contributed by atoms with E-state index in [4.69, 9.17) is 0 Å². The first kappa shape index (κ1) is 23.9. The van der Waals surface area contributed by atoms with Gasteiger partial charge in [-0.15, -0.1) is 0 Å². The summed E-state index contributed by atoms with van der Waals surface area (Å²) in [6, 6.07) is 7.41. The van der Waals surface area contributed by atoms with E-state index in [0.29, 0.717) is 0 Å². The van der Waals surface area contributed by atoms with E-state index < -0.39 is 0 Å². The first-order valence-electron chi connectivity index (χ1n) is 8.94. The second kappa shape index (κ2) is 7.73. The van der Waals surface area contributed by atoms with Crippen LogP contribution in [0.3, 0.4) is 0 Å². The molecule has 0 saturated heterocycles. The molecule has 2 aromatic rings. The van der Waals surface area contributed by atoms with E-state index in [-0.39, 0.29) is 35.6 Å². The molecule has 0 aliphatic heterocycles. The van der Waals surface area contributed by atoms with Crippen molar-refractivity contribution in [2.24, 2.45) is 0 Å². The predicted molar refractivity (Wildman–Crippen MR) is 101 cm³/mol. The maximum Gasteiger partial charge on any atom is -1.00 e. The maximum absolute atomic E-state index is 2.49. The van der Waals surface area contributed by atoms with E-state index >= 15 is 0 Å². The Kier molecular flexibility index (Phi) is 7.12. The summed E-state index contributed by atoms with van der Waals surface area (Å²) in [5.41, 5.74) is 12.4. The van der Waals surface area contributed by atoms with Crippen LogP contribution in [0.25, 0.3) is 11.1 Å². The standard InChI is InChI=1S/C23H29.2ClH.Zr/c1-14-9-16-11-17-10-15(2)21(23(6,7)8)13-19(17)18(16)12-20(14)22(3,4)5;;;/h9,12-13H,11H2,1-8H3;2*1H;/q;;;+2/p-2. The normalized spacial score (nSPS) is 12.8. The van der Waals surface area contributed by atoms with Crippen LogP contribution in [0.15, 0.2) is 18.2 Å². The second-order valence-corrected chi connectivity index (χ2v) is 10.7. The molecule has 0 saturated carbocycles. The van der Waals surface area contributed by atoms with Crippen LogP contribution in [-0.2, 0) is 42.0 Å². The fourth-order valence-corrected chi connectivity index (χ4v) is 5.08. The van der Waals surface area contributed by atoms with Gasteiger partial charge in [0.2, 0.25) is 0 Å². The Bertz CT molecular complexity index is 837. The largest absolute Gasteiger partial charge is 1.00 e. The summed E-state index contributed by atoms with van der Waals surface area (Å²) in [4.78, 5) is 0. The quantitative estimate of drug-likeness (QED) is 0.424. The SMILES string of the molecule is Cc1cc2c(cc1C(C)(C)C)-c1cc(C(C)(C)C)c(C)[c]([Zr+2])c1C2.[Cl-].[Cl-]. The summed E-state index contributed by atoms with van der Waals surface area (Å²) in [7, 11) is 0. The molecule has 1 aliphatic rings. The Morgan fingerprint density at radius 1 is 0.769 bits per heavy atom. The molecule has 3 rings (SSSR count). The molecule has 139 valence electrons. The molecule has 0 amide bonds. The van der Waals surface area contributed by atoms with Crippen LogP contribution in [-0.4, -0.2) is 0 Å². The molecule has 0 nitrogen and oxygen atoms in total. The van der Waals surface area contributed by atoms with E-state index in [1.165, 1.54) is 38.9 Å². The van der Waals surface area contributed by atoms with Gasteiger partial charge in [0.1, 0.15) is 0 Å². The van der Waals surface area contributed by atoms with E-state index in [1.807, 2.05) is 0 Å². The summed E-state index contributed by atoms with van der Waals surface area (Å²) >= 11 is 1.55. The number of hydrogen-bond donors (Lipinski definition) is 0. The maximum atomic E-state index is 2.49. The third-order valence-electron chi connectivity index (χ3n) is 5.42. The van der Waals surface area contributed by atoms with Crippen LogP contribution in [0.2, 0.25) is 0 Å². The number of halogens is 2. The molecule has 0 spiro atoms. The Morgan fingerprint density at radius 2 is 1.27 bits per heavy atom. The van der Waals surface area contributed by atoms with E-state index in [1.54, 1.807) is 33.6 Å². The van der Waals surface area contributed by atoms with E-state index in [9.17, 15) is 0 Å². The Hall–Kier alpha value is -0.0969. The van der Waals surface area contributed by atoms with E-state index in [2.05, 4.69) is 73.6 Å². The molecule has 2 aromatic carbocycles. The molecule has 0 N–H and O–H groups in total. The molecule has 0 atom stereocenters. The van der Waals surface area contributed by atoms with Crippen LogP contribution < -0.4 is 28.1 Å². The first-order chi connectivity index (χ1) is 10.9. The van der Waals surface area contributed by atoms with Gasteiger partial charge in [-0.3, -0.25) is 0 Å². The number of hydrogen-bond acceptors (Lipinski definition) is 0. The monoisotopic (exact) mass is 465 g/mol. The fraction of sp³-hybridized carbons (Fsp3) is 0.478. The number of aryl methyl sites for hydroxylation is 1. The van der Waals surface area contributed by atoms with Gasteiger partial charge in [0.15, 0.2) is 0 Å². The molecule has 0 radical (unpaired) electrons. The van der Waals surface area contributed by atoms with Crippen molar-refractivity contribution in [2.75, 3.05) is 0 Å². The Morgan fingerprint density at radius 3 is 1.77 bits per heavy atom. The van der Waals surface area contributed by atoms with Crippen LogP contribution >= 0.6 is 0 Å². The average molecular weight is 468 g/mol. The molecule has 0 aromatic heterocycles. The van der Waals surface area contributed by atoms with Gasteiger partial charge in [-0.25, -0.2) is 0 Å². The number of rotatable bonds is 0. The van der Waals surface area contributed by atoms with Gasteiger partial charge in [0, 0.05) is 0 Å². The molecule has 1 aliphatic carbocycles. The average Bonchev–Trinajstić information content (AvgIpc) is 2.77. The minimum Gasteiger partial charge on any atom is -1.00 e. The van der Waals surface area contributed by atoms with E-state index in [0.717, 1.165) is 6.42 Å². The summed E-state index contributed by atoms with van der Waals surface area (Å²) in [6.45, 7) is 18.6. The summed E-state index contributed by atoms with van der Waals surface area (Å²) in [5.74, 6) is 0.